The zero-order chi connectivity index (χ0) is 38.1. The minimum absolute atomic E-state index is 0.0142. The van der Waals surface area contributed by atoms with Crippen LogP contribution in [0.2, 0.25) is 0 Å². The Labute approximate surface area is 297 Å². The molecule has 1 fully saturated rings. The van der Waals surface area contributed by atoms with Crippen molar-refractivity contribution in [3.05, 3.63) is 59.3 Å². The minimum atomic E-state index is -1.97. The van der Waals surface area contributed by atoms with Crippen molar-refractivity contribution in [1.82, 2.24) is 0 Å². The van der Waals surface area contributed by atoms with Crippen molar-refractivity contribution in [2.75, 3.05) is 7.11 Å². The third-order valence-electron chi connectivity index (χ3n) is 10.1. The van der Waals surface area contributed by atoms with Gasteiger partial charge >= 0.3 is 17.9 Å². The van der Waals surface area contributed by atoms with Gasteiger partial charge in [-0.3, -0.25) is 0 Å². The lowest BCUT2D eigenvalue weighted by atomic mass is 9.76. The number of aliphatic hydroxyl groups is 3. The van der Waals surface area contributed by atoms with Crippen LogP contribution in [-0.4, -0.2) is 87.9 Å². The first kappa shape index (κ1) is 43.1. The number of aliphatic carboxylic acids is 1. The van der Waals surface area contributed by atoms with E-state index < -0.39 is 72.2 Å². The summed E-state index contributed by atoms with van der Waals surface area (Å²) in [6.45, 7) is 18.4. The van der Waals surface area contributed by atoms with Crippen molar-refractivity contribution in [2.24, 2.45) is 35.5 Å². The molecule has 282 valence electrons. The largest absolute Gasteiger partial charge is 0.478 e. The molecule has 2 rings (SSSR count). The summed E-state index contributed by atoms with van der Waals surface area (Å²) in [6, 6.07) is 0. The molecule has 1 saturated heterocycles. The Hall–Kier alpha value is -3.09. The zero-order valence-electron chi connectivity index (χ0n) is 31.5. The molecule has 2 aliphatic heterocycles. The molecule has 0 bridgehead atoms. The molecule has 0 saturated carbocycles. The SMILES string of the molecule is COC1/C=C/C=C(\C)CC(C)C(O)C(C)/C=C(C)/C=C(\C)C(=O)OC1C(C)C(O)C(C)C1(O)CC(OC(=O)/C=C/C(=O)O)C(C)C(C(C)C)O1. The minimum Gasteiger partial charge on any atom is -0.478 e. The Bertz CT molecular complexity index is 1330. The first-order chi connectivity index (χ1) is 23.2. The molecule has 0 spiro atoms. The summed E-state index contributed by atoms with van der Waals surface area (Å²) in [4.78, 5) is 36.9. The van der Waals surface area contributed by atoms with Crippen LogP contribution in [0.25, 0.3) is 0 Å². The van der Waals surface area contributed by atoms with Crippen LogP contribution in [0, 0.1) is 35.5 Å². The van der Waals surface area contributed by atoms with Gasteiger partial charge in [-0.1, -0.05) is 83.9 Å². The van der Waals surface area contributed by atoms with E-state index in [4.69, 9.17) is 24.1 Å². The van der Waals surface area contributed by atoms with Gasteiger partial charge in [-0.25, -0.2) is 14.4 Å². The van der Waals surface area contributed by atoms with Crippen LogP contribution in [0.5, 0.6) is 0 Å². The van der Waals surface area contributed by atoms with E-state index in [2.05, 4.69) is 0 Å². The summed E-state index contributed by atoms with van der Waals surface area (Å²) in [6.07, 6.45) is 5.98. The van der Waals surface area contributed by atoms with Crippen molar-refractivity contribution in [1.29, 1.82) is 0 Å². The quantitative estimate of drug-likeness (QED) is 0.182. The van der Waals surface area contributed by atoms with Crippen molar-refractivity contribution in [3.63, 3.8) is 0 Å². The number of carbonyl (C=O) groups is 3. The average Bonchev–Trinajstić information content (AvgIpc) is 3.04. The molecular weight excluding hydrogens is 644 g/mol. The van der Waals surface area contributed by atoms with Crippen LogP contribution in [0.15, 0.2) is 59.3 Å². The van der Waals surface area contributed by atoms with E-state index in [0.717, 1.165) is 17.2 Å². The standard InChI is InChI=1S/C39H60O11/c1-21(2)36-27(8)31(48-33(42)16-15-32(40)41)20-39(46,50-36)29(10)35(44)28(9)37-30(47-11)14-12-13-22(3)17-24(5)34(43)25(6)18-23(4)19-26(7)38(45)49-37/h12-16,18-19,21,24-25,27-31,34-37,43-44,46H,17,20H2,1-11H3,(H,40,41)/b14-12+,16-15+,22-13+,23-18+,26-19+. The number of hydrogen-bond donors (Lipinski definition) is 4. The predicted molar refractivity (Wildman–Crippen MR) is 189 cm³/mol. The highest BCUT2D eigenvalue weighted by atomic mass is 16.6. The highest BCUT2D eigenvalue weighted by Gasteiger charge is 2.53. The molecule has 50 heavy (non-hydrogen) atoms. The van der Waals surface area contributed by atoms with Gasteiger partial charge in [-0.2, -0.15) is 0 Å². The summed E-state index contributed by atoms with van der Waals surface area (Å²) in [7, 11) is 1.48. The zero-order valence-corrected chi connectivity index (χ0v) is 31.5. The lowest BCUT2D eigenvalue weighted by Crippen LogP contribution is -2.59. The molecule has 12 atom stereocenters. The van der Waals surface area contributed by atoms with E-state index in [1.165, 1.54) is 7.11 Å². The Morgan fingerprint density at radius 2 is 1.70 bits per heavy atom. The topological polar surface area (TPSA) is 169 Å². The van der Waals surface area contributed by atoms with Gasteiger partial charge in [0.15, 0.2) is 5.79 Å². The third kappa shape index (κ3) is 11.7. The Balaban J connectivity index is 2.51. The highest BCUT2D eigenvalue weighted by Crippen LogP contribution is 2.42. The fraction of sp³-hybridized carbons (Fsp3) is 0.667. The number of carbonyl (C=O) groups excluding carboxylic acids is 2. The number of cyclic esters (lactones) is 1. The van der Waals surface area contributed by atoms with Crippen LogP contribution >= 0.6 is 0 Å². The second-order valence-electron chi connectivity index (χ2n) is 14.8. The number of hydrogen-bond acceptors (Lipinski definition) is 10. The van der Waals surface area contributed by atoms with Crippen LogP contribution in [0.1, 0.15) is 82.1 Å². The van der Waals surface area contributed by atoms with Crippen molar-refractivity contribution >= 4 is 17.9 Å². The molecule has 0 aromatic heterocycles. The highest BCUT2D eigenvalue weighted by molar-refractivity contribution is 5.90. The summed E-state index contributed by atoms with van der Waals surface area (Å²) in [5, 5.41) is 43.7. The van der Waals surface area contributed by atoms with Crippen LogP contribution < -0.4 is 0 Å². The molecule has 11 heteroatoms. The predicted octanol–water partition coefficient (Wildman–Crippen LogP) is 5.30. The van der Waals surface area contributed by atoms with E-state index >= 15 is 0 Å². The molecule has 4 N–H and O–H groups in total. The second kappa shape index (κ2) is 18.9. The smallest absolute Gasteiger partial charge is 0.334 e. The average molecular weight is 705 g/mol. The molecule has 0 amide bonds. The first-order valence-electron chi connectivity index (χ1n) is 17.5. The van der Waals surface area contributed by atoms with Gasteiger partial charge in [-0.15, -0.1) is 0 Å². The fourth-order valence-electron chi connectivity index (χ4n) is 7.02. The number of esters is 2. The molecular formula is C39H60O11. The fourth-order valence-corrected chi connectivity index (χ4v) is 7.02. The molecule has 0 aromatic rings. The molecule has 2 aliphatic rings. The summed E-state index contributed by atoms with van der Waals surface area (Å²) >= 11 is 0. The van der Waals surface area contributed by atoms with Gasteiger partial charge < -0.3 is 39.4 Å². The Morgan fingerprint density at radius 3 is 2.28 bits per heavy atom. The summed E-state index contributed by atoms with van der Waals surface area (Å²) < 4.78 is 23.8. The van der Waals surface area contributed by atoms with Crippen LogP contribution in [0.3, 0.4) is 0 Å². The monoisotopic (exact) mass is 704 g/mol. The van der Waals surface area contributed by atoms with E-state index in [9.17, 15) is 29.7 Å². The number of methoxy groups -OCH3 is 1. The van der Waals surface area contributed by atoms with Crippen LogP contribution in [0.4, 0.5) is 0 Å². The number of allylic oxidation sites excluding steroid dienone is 5. The third-order valence-corrected chi connectivity index (χ3v) is 10.1. The number of aliphatic hydroxyl groups excluding tert-OH is 2. The van der Waals surface area contributed by atoms with Crippen molar-refractivity contribution in [2.45, 2.75) is 124 Å². The van der Waals surface area contributed by atoms with Gasteiger partial charge in [-0.05, 0) is 45.1 Å². The maximum atomic E-state index is 13.5. The molecule has 0 aliphatic carbocycles. The van der Waals surface area contributed by atoms with Gasteiger partial charge in [0, 0.05) is 54.9 Å². The Morgan fingerprint density at radius 1 is 1.06 bits per heavy atom. The van der Waals surface area contributed by atoms with Crippen molar-refractivity contribution in [3.8, 4) is 0 Å². The number of carboxylic acids is 1. The number of carboxylic acid groups (broad SMARTS) is 1. The molecule has 2 heterocycles. The first-order valence-corrected chi connectivity index (χ1v) is 17.5. The van der Waals surface area contributed by atoms with Gasteiger partial charge in [0.2, 0.25) is 0 Å². The van der Waals surface area contributed by atoms with Gasteiger partial charge in [0.1, 0.15) is 18.3 Å². The van der Waals surface area contributed by atoms with E-state index in [1.54, 1.807) is 39.0 Å². The normalized spacial score (nSPS) is 37.7. The molecule has 0 aromatic carbocycles. The number of ether oxygens (including phenoxy) is 4. The van der Waals surface area contributed by atoms with Gasteiger partial charge in [0.25, 0.3) is 0 Å². The lowest BCUT2D eigenvalue weighted by molar-refractivity contribution is -0.329. The molecule has 12 unspecified atom stereocenters. The van der Waals surface area contributed by atoms with Gasteiger partial charge in [0.05, 0.1) is 18.3 Å². The maximum absolute atomic E-state index is 13.5. The van der Waals surface area contributed by atoms with Crippen LogP contribution in [-0.2, 0) is 33.3 Å². The molecule has 11 nitrogen and oxygen atoms in total. The number of rotatable bonds is 9. The second-order valence-corrected chi connectivity index (χ2v) is 14.8. The van der Waals surface area contributed by atoms with E-state index in [0.29, 0.717) is 18.1 Å². The maximum Gasteiger partial charge on any atom is 0.334 e. The molecule has 0 radical (unpaired) electrons. The van der Waals surface area contributed by atoms with Crippen molar-refractivity contribution < 1.29 is 53.8 Å². The summed E-state index contributed by atoms with van der Waals surface area (Å²) in [5.74, 6) is -7.15. The Kier molecular flexibility index (Phi) is 16.3. The van der Waals surface area contributed by atoms with E-state index in [1.807, 2.05) is 60.6 Å². The van der Waals surface area contributed by atoms with E-state index in [-0.39, 0.29) is 30.1 Å². The summed E-state index contributed by atoms with van der Waals surface area (Å²) in [5.41, 5.74) is 2.14. The lowest BCUT2D eigenvalue weighted by Gasteiger charge is -2.50.